The highest BCUT2D eigenvalue weighted by molar-refractivity contribution is 5.89. The lowest BCUT2D eigenvalue weighted by Crippen LogP contribution is -2.47. The van der Waals surface area contributed by atoms with E-state index in [0.717, 1.165) is 33.3 Å². The minimum absolute atomic E-state index is 0.0108. The number of amides is 1. The van der Waals surface area contributed by atoms with E-state index < -0.39 is 5.97 Å². The molecule has 2 heterocycles. The monoisotopic (exact) mass is 453 g/mol. The van der Waals surface area contributed by atoms with Crippen molar-refractivity contribution >= 4 is 28.5 Å². The minimum Gasteiger partial charge on any atom is -0.465 e. The molecule has 33 heavy (non-hydrogen) atoms. The molecule has 2 aromatic carbocycles. The fourth-order valence-electron chi connectivity index (χ4n) is 4.20. The van der Waals surface area contributed by atoms with Crippen LogP contribution in [0.25, 0.3) is 10.9 Å². The molecule has 0 unspecified atom stereocenters. The molecule has 8 nitrogen and oxygen atoms in total. The molecule has 0 N–H and O–H groups in total. The molecule has 9 heteroatoms. The van der Waals surface area contributed by atoms with Gasteiger partial charge in [-0.3, -0.25) is 19.3 Å². The molecular weight excluding hydrogens is 425 g/mol. The van der Waals surface area contributed by atoms with Crippen molar-refractivity contribution < 1.29 is 18.7 Å². The first-order chi connectivity index (χ1) is 15.7. The Morgan fingerprint density at radius 2 is 1.91 bits per heavy atom. The van der Waals surface area contributed by atoms with E-state index in [9.17, 15) is 14.0 Å². The number of hydrogen-bond acceptors (Lipinski definition) is 6. The molecule has 4 rings (SSSR count). The first-order valence-corrected chi connectivity index (χ1v) is 10.9. The summed E-state index contributed by atoms with van der Waals surface area (Å²) in [6, 6.07) is 8.58. The molecule has 0 spiro atoms. The van der Waals surface area contributed by atoms with Crippen LogP contribution in [0.3, 0.4) is 0 Å². The summed E-state index contributed by atoms with van der Waals surface area (Å²) in [6.07, 6.45) is 1.90. The van der Waals surface area contributed by atoms with Crippen molar-refractivity contribution in [3.8, 4) is 0 Å². The molecule has 3 aromatic rings. The number of carbonyl (C=O) groups is 2. The van der Waals surface area contributed by atoms with Gasteiger partial charge in [-0.05, 0) is 54.8 Å². The summed E-state index contributed by atoms with van der Waals surface area (Å²) in [5.41, 5.74) is 4.40. The van der Waals surface area contributed by atoms with Crippen LogP contribution in [0.4, 0.5) is 10.1 Å². The SMILES string of the molecule is CCOC(=O)CN(CC(=O)N(C)N1Cc2ccc(F)cc2C1)c1cc2cn(C)nc2cc1C. The Bertz CT molecular complexity index is 1210. The third-order valence-electron chi connectivity index (χ3n) is 5.89. The average molecular weight is 454 g/mol. The highest BCUT2D eigenvalue weighted by Gasteiger charge is 2.27. The van der Waals surface area contributed by atoms with Crippen molar-refractivity contribution in [1.29, 1.82) is 0 Å². The van der Waals surface area contributed by atoms with Crippen molar-refractivity contribution in [3.05, 3.63) is 59.0 Å². The van der Waals surface area contributed by atoms with Gasteiger partial charge < -0.3 is 9.64 Å². The zero-order valence-electron chi connectivity index (χ0n) is 19.3. The second-order valence-electron chi connectivity index (χ2n) is 8.31. The van der Waals surface area contributed by atoms with Gasteiger partial charge in [0.2, 0.25) is 0 Å². The van der Waals surface area contributed by atoms with E-state index in [0.29, 0.717) is 13.1 Å². The predicted molar refractivity (Wildman–Crippen MR) is 123 cm³/mol. The number of anilines is 1. The largest absolute Gasteiger partial charge is 0.465 e. The molecule has 0 atom stereocenters. The quantitative estimate of drug-likeness (QED) is 0.513. The Labute approximate surface area is 192 Å². The number of carbonyl (C=O) groups excluding carboxylic acids is 2. The van der Waals surface area contributed by atoms with E-state index in [4.69, 9.17) is 4.74 Å². The first kappa shape index (κ1) is 22.7. The molecule has 1 aromatic heterocycles. The van der Waals surface area contributed by atoms with Gasteiger partial charge in [-0.2, -0.15) is 5.10 Å². The van der Waals surface area contributed by atoms with Crippen LogP contribution in [-0.4, -0.2) is 58.4 Å². The maximum atomic E-state index is 13.6. The highest BCUT2D eigenvalue weighted by atomic mass is 19.1. The second-order valence-corrected chi connectivity index (χ2v) is 8.31. The molecule has 0 radical (unpaired) electrons. The van der Waals surface area contributed by atoms with Crippen LogP contribution in [0.5, 0.6) is 0 Å². The number of hydrogen-bond donors (Lipinski definition) is 0. The van der Waals surface area contributed by atoms with Gasteiger partial charge in [-0.15, -0.1) is 0 Å². The third-order valence-corrected chi connectivity index (χ3v) is 5.89. The Balaban J connectivity index is 1.56. The van der Waals surface area contributed by atoms with E-state index in [2.05, 4.69) is 5.10 Å². The molecule has 0 saturated carbocycles. The number of ether oxygens (including phenoxy) is 1. The molecule has 1 aliphatic rings. The zero-order valence-corrected chi connectivity index (χ0v) is 19.3. The van der Waals surface area contributed by atoms with E-state index in [-0.39, 0.29) is 31.4 Å². The smallest absolute Gasteiger partial charge is 0.325 e. The maximum absolute atomic E-state index is 13.6. The van der Waals surface area contributed by atoms with Crippen LogP contribution >= 0.6 is 0 Å². The molecule has 0 saturated heterocycles. The Morgan fingerprint density at radius 3 is 2.67 bits per heavy atom. The van der Waals surface area contributed by atoms with Crippen molar-refractivity contribution in [2.45, 2.75) is 26.9 Å². The number of aryl methyl sites for hydroxylation is 2. The third kappa shape index (κ3) is 4.83. The van der Waals surface area contributed by atoms with Gasteiger partial charge >= 0.3 is 5.97 Å². The van der Waals surface area contributed by atoms with Crippen molar-refractivity contribution in [2.24, 2.45) is 7.05 Å². The topological polar surface area (TPSA) is 70.9 Å². The maximum Gasteiger partial charge on any atom is 0.325 e. The number of fused-ring (bicyclic) bond motifs is 2. The van der Waals surface area contributed by atoms with Crippen LogP contribution in [0.15, 0.2) is 36.5 Å². The minimum atomic E-state index is -0.400. The molecular formula is C24H28FN5O3. The Morgan fingerprint density at radius 1 is 1.15 bits per heavy atom. The van der Waals surface area contributed by atoms with Gasteiger partial charge in [-0.1, -0.05) is 6.07 Å². The summed E-state index contributed by atoms with van der Waals surface area (Å²) >= 11 is 0. The Hall–Kier alpha value is -3.46. The van der Waals surface area contributed by atoms with Gasteiger partial charge in [0.05, 0.1) is 18.7 Å². The highest BCUT2D eigenvalue weighted by Crippen LogP contribution is 2.27. The lowest BCUT2D eigenvalue weighted by molar-refractivity contribution is -0.145. The number of halogens is 1. The van der Waals surface area contributed by atoms with Crippen LogP contribution in [-0.2, 0) is 34.5 Å². The number of benzene rings is 2. The number of hydrazine groups is 1. The van der Waals surface area contributed by atoms with E-state index in [1.807, 2.05) is 37.3 Å². The average Bonchev–Trinajstić information content (AvgIpc) is 3.33. The second kappa shape index (κ2) is 9.19. The number of aromatic nitrogens is 2. The van der Waals surface area contributed by atoms with Crippen molar-refractivity contribution in [2.75, 3.05) is 31.6 Å². The fourth-order valence-corrected chi connectivity index (χ4v) is 4.20. The summed E-state index contributed by atoms with van der Waals surface area (Å²) in [5.74, 6) is -0.868. The van der Waals surface area contributed by atoms with E-state index in [1.165, 1.54) is 12.1 Å². The van der Waals surface area contributed by atoms with Gasteiger partial charge in [0.1, 0.15) is 12.4 Å². The van der Waals surface area contributed by atoms with Gasteiger partial charge in [0.15, 0.2) is 0 Å². The summed E-state index contributed by atoms with van der Waals surface area (Å²) in [4.78, 5) is 27.3. The number of esters is 1. The van der Waals surface area contributed by atoms with Crippen LogP contribution in [0.2, 0.25) is 0 Å². The lowest BCUT2D eigenvalue weighted by atomic mass is 10.1. The zero-order chi connectivity index (χ0) is 23.7. The predicted octanol–water partition coefficient (Wildman–Crippen LogP) is 2.78. The fraction of sp³-hybridized carbons (Fsp3) is 0.375. The summed E-state index contributed by atoms with van der Waals surface area (Å²) in [5, 5.41) is 8.77. The number of nitrogens with zero attached hydrogens (tertiary/aromatic N) is 5. The molecule has 1 aliphatic heterocycles. The van der Waals surface area contributed by atoms with Crippen molar-refractivity contribution in [1.82, 2.24) is 19.8 Å². The van der Waals surface area contributed by atoms with Gasteiger partial charge in [-0.25, -0.2) is 9.40 Å². The molecule has 0 bridgehead atoms. The standard InChI is InChI=1S/C24H28FN5O3/c1-5-33-24(32)15-29(22-10-19-11-27(3)26-21(19)8-16(22)2)14-23(31)28(4)30-12-17-6-7-20(25)9-18(17)13-30/h6-11H,5,12-15H2,1-4H3. The summed E-state index contributed by atoms with van der Waals surface area (Å²) in [6.45, 7) is 4.87. The van der Waals surface area contributed by atoms with Crippen LogP contribution in [0, 0.1) is 12.7 Å². The number of likely N-dealkylation sites (N-methyl/N-ethyl adjacent to an activating group) is 1. The lowest BCUT2D eigenvalue weighted by Gasteiger charge is -2.31. The molecule has 0 aliphatic carbocycles. The van der Waals surface area contributed by atoms with E-state index >= 15 is 0 Å². The first-order valence-electron chi connectivity index (χ1n) is 10.9. The van der Waals surface area contributed by atoms with Gasteiger partial charge in [0.25, 0.3) is 5.91 Å². The summed E-state index contributed by atoms with van der Waals surface area (Å²) < 4.78 is 20.5. The van der Waals surface area contributed by atoms with E-state index in [1.54, 1.807) is 34.6 Å². The van der Waals surface area contributed by atoms with Gasteiger partial charge in [0, 0.05) is 44.5 Å². The molecule has 0 fully saturated rings. The van der Waals surface area contributed by atoms with Crippen molar-refractivity contribution in [3.63, 3.8) is 0 Å². The van der Waals surface area contributed by atoms with Crippen LogP contribution in [0.1, 0.15) is 23.6 Å². The van der Waals surface area contributed by atoms with Crippen LogP contribution < -0.4 is 4.90 Å². The Kier molecular flexibility index (Phi) is 6.33. The number of rotatable bonds is 7. The summed E-state index contributed by atoms with van der Waals surface area (Å²) in [7, 11) is 3.55. The normalized spacial score (nSPS) is 13.2. The molecule has 174 valence electrons. The molecule has 1 amide bonds.